The molecule has 0 aliphatic carbocycles. The van der Waals surface area contributed by atoms with E-state index in [4.69, 9.17) is 5.73 Å². The number of carbonyl (C=O) groups excluding carboxylic acids is 1. The van der Waals surface area contributed by atoms with E-state index in [1.54, 1.807) is 6.07 Å². The number of rotatable bonds is 5. The van der Waals surface area contributed by atoms with Crippen LogP contribution in [0.3, 0.4) is 0 Å². The number of amides is 1. The molecule has 0 radical (unpaired) electrons. The van der Waals surface area contributed by atoms with Crippen LogP contribution in [0.5, 0.6) is 0 Å². The highest BCUT2D eigenvalue weighted by atomic mass is 35.5. The van der Waals surface area contributed by atoms with Crippen LogP contribution in [0.2, 0.25) is 0 Å². The van der Waals surface area contributed by atoms with E-state index in [1.165, 1.54) is 6.07 Å². The van der Waals surface area contributed by atoms with E-state index in [0.29, 0.717) is 6.54 Å². The van der Waals surface area contributed by atoms with Gasteiger partial charge in [-0.2, -0.15) is 0 Å². The standard InChI is InChI=1S/C17H25F2N3O.ClH/c1-11(2)16(20)17(23)21-13-5-7-22(8-6-13)10-12-3-4-14(18)15(19)9-12;/h3-4,9,11,13,16H,5-8,10,20H2,1-2H3,(H,21,23);1H/t16-;/m0./s1. The Morgan fingerprint density at radius 3 is 2.46 bits per heavy atom. The lowest BCUT2D eigenvalue weighted by Gasteiger charge is -2.33. The summed E-state index contributed by atoms with van der Waals surface area (Å²) in [7, 11) is 0. The summed E-state index contributed by atoms with van der Waals surface area (Å²) in [4.78, 5) is 14.1. The van der Waals surface area contributed by atoms with Gasteiger partial charge in [-0.3, -0.25) is 9.69 Å². The van der Waals surface area contributed by atoms with Crippen LogP contribution in [0.4, 0.5) is 8.78 Å². The van der Waals surface area contributed by atoms with Crippen molar-refractivity contribution >= 4 is 18.3 Å². The minimum Gasteiger partial charge on any atom is -0.352 e. The summed E-state index contributed by atoms with van der Waals surface area (Å²) < 4.78 is 26.2. The molecule has 1 aromatic rings. The number of piperidine rings is 1. The molecule has 0 bridgehead atoms. The van der Waals surface area contributed by atoms with Gasteiger partial charge in [0, 0.05) is 25.7 Å². The highest BCUT2D eigenvalue weighted by molar-refractivity contribution is 5.85. The second-order valence-electron chi connectivity index (χ2n) is 6.58. The average molecular weight is 362 g/mol. The van der Waals surface area contributed by atoms with Crippen LogP contribution in [0.1, 0.15) is 32.3 Å². The monoisotopic (exact) mass is 361 g/mol. The maximum absolute atomic E-state index is 13.2. The first-order valence-corrected chi connectivity index (χ1v) is 8.09. The van der Waals surface area contributed by atoms with Crippen molar-refractivity contribution in [1.82, 2.24) is 10.2 Å². The van der Waals surface area contributed by atoms with Crippen molar-refractivity contribution in [2.45, 2.75) is 45.3 Å². The summed E-state index contributed by atoms with van der Waals surface area (Å²) >= 11 is 0. The minimum absolute atomic E-state index is 0. The number of likely N-dealkylation sites (tertiary alicyclic amines) is 1. The molecule has 1 atom stereocenters. The second-order valence-corrected chi connectivity index (χ2v) is 6.58. The number of hydrogen-bond donors (Lipinski definition) is 2. The fraction of sp³-hybridized carbons (Fsp3) is 0.588. The molecule has 136 valence electrons. The zero-order chi connectivity index (χ0) is 17.0. The molecular weight excluding hydrogens is 336 g/mol. The Kier molecular flexibility index (Phi) is 8.06. The third kappa shape index (κ3) is 5.69. The van der Waals surface area contributed by atoms with Gasteiger partial charge in [0.15, 0.2) is 11.6 Å². The number of halogens is 3. The number of hydrogen-bond acceptors (Lipinski definition) is 3. The minimum atomic E-state index is -0.823. The van der Waals surface area contributed by atoms with Crippen molar-refractivity contribution < 1.29 is 13.6 Å². The lowest BCUT2D eigenvalue weighted by atomic mass is 10.0. The number of carbonyl (C=O) groups is 1. The van der Waals surface area contributed by atoms with E-state index in [0.717, 1.165) is 37.6 Å². The highest BCUT2D eigenvalue weighted by Gasteiger charge is 2.24. The smallest absolute Gasteiger partial charge is 0.237 e. The summed E-state index contributed by atoms with van der Waals surface area (Å²) in [6.45, 7) is 6.05. The summed E-state index contributed by atoms with van der Waals surface area (Å²) in [5.74, 6) is -1.62. The predicted octanol–water partition coefficient (Wildman–Crippen LogP) is 2.45. The number of nitrogens with one attached hydrogen (secondary N) is 1. The Morgan fingerprint density at radius 2 is 1.92 bits per heavy atom. The third-order valence-electron chi connectivity index (χ3n) is 4.35. The molecule has 24 heavy (non-hydrogen) atoms. The van der Waals surface area contributed by atoms with Crippen LogP contribution < -0.4 is 11.1 Å². The molecule has 0 aromatic heterocycles. The van der Waals surface area contributed by atoms with Gasteiger partial charge in [-0.1, -0.05) is 19.9 Å². The van der Waals surface area contributed by atoms with Crippen molar-refractivity contribution in [2.75, 3.05) is 13.1 Å². The molecule has 4 nitrogen and oxygen atoms in total. The van der Waals surface area contributed by atoms with E-state index >= 15 is 0 Å². The van der Waals surface area contributed by atoms with E-state index in [-0.39, 0.29) is 30.3 Å². The lowest BCUT2D eigenvalue weighted by molar-refractivity contribution is -0.124. The Bertz CT molecular complexity index is 549. The fourth-order valence-corrected chi connectivity index (χ4v) is 2.73. The zero-order valence-electron chi connectivity index (χ0n) is 14.1. The first kappa shape index (κ1) is 20.8. The topological polar surface area (TPSA) is 58.4 Å². The molecule has 2 rings (SSSR count). The maximum Gasteiger partial charge on any atom is 0.237 e. The SMILES string of the molecule is CC(C)[C@H](N)C(=O)NC1CCN(Cc2ccc(F)c(F)c2)CC1.Cl. The summed E-state index contributed by atoms with van der Waals surface area (Å²) in [6, 6.07) is 3.66. The van der Waals surface area contributed by atoms with Crippen molar-refractivity contribution in [2.24, 2.45) is 11.7 Å². The van der Waals surface area contributed by atoms with Gasteiger partial charge in [0.25, 0.3) is 0 Å². The molecule has 1 aliphatic heterocycles. The number of benzene rings is 1. The van der Waals surface area contributed by atoms with E-state index in [2.05, 4.69) is 10.2 Å². The average Bonchev–Trinajstić information content (AvgIpc) is 2.52. The molecule has 0 saturated carbocycles. The van der Waals surface area contributed by atoms with Crippen molar-refractivity contribution in [3.05, 3.63) is 35.4 Å². The Labute approximate surface area is 148 Å². The molecule has 1 aromatic carbocycles. The van der Waals surface area contributed by atoms with Gasteiger partial charge in [0.2, 0.25) is 5.91 Å². The lowest BCUT2D eigenvalue weighted by Crippen LogP contribution is -2.51. The zero-order valence-corrected chi connectivity index (χ0v) is 14.9. The van der Waals surface area contributed by atoms with Gasteiger partial charge >= 0.3 is 0 Å². The molecular formula is C17H26ClF2N3O. The van der Waals surface area contributed by atoms with Gasteiger partial charge < -0.3 is 11.1 Å². The van der Waals surface area contributed by atoms with Crippen LogP contribution in [0, 0.1) is 17.6 Å². The molecule has 1 aliphatic rings. The molecule has 0 unspecified atom stereocenters. The van der Waals surface area contributed by atoms with Crippen molar-refractivity contribution in [3.63, 3.8) is 0 Å². The van der Waals surface area contributed by atoms with Gasteiger partial charge in [0.05, 0.1) is 6.04 Å². The van der Waals surface area contributed by atoms with Crippen LogP contribution in [0.15, 0.2) is 18.2 Å². The summed E-state index contributed by atoms with van der Waals surface area (Å²) in [5.41, 5.74) is 6.60. The van der Waals surface area contributed by atoms with E-state index in [1.807, 2.05) is 13.8 Å². The fourth-order valence-electron chi connectivity index (χ4n) is 2.73. The Morgan fingerprint density at radius 1 is 1.29 bits per heavy atom. The van der Waals surface area contributed by atoms with Crippen molar-refractivity contribution in [1.29, 1.82) is 0 Å². The maximum atomic E-state index is 13.2. The van der Waals surface area contributed by atoms with Gasteiger partial charge in [-0.15, -0.1) is 12.4 Å². The molecule has 3 N–H and O–H groups in total. The van der Waals surface area contributed by atoms with E-state index < -0.39 is 17.7 Å². The summed E-state index contributed by atoms with van der Waals surface area (Å²) in [5, 5.41) is 3.00. The first-order valence-electron chi connectivity index (χ1n) is 8.09. The molecule has 1 saturated heterocycles. The molecule has 0 spiro atoms. The largest absolute Gasteiger partial charge is 0.352 e. The van der Waals surface area contributed by atoms with Gasteiger partial charge in [-0.05, 0) is 36.5 Å². The van der Waals surface area contributed by atoms with E-state index in [9.17, 15) is 13.6 Å². The van der Waals surface area contributed by atoms with Crippen molar-refractivity contribution in [3.8, 4) is 0 Å². The Balaban J connectivity index is 0.00000288. The molecule has 1 heterocycles. The highest BCUT2D eigenvalue weighted by Crippen LogP contribution is 2.16. The van der Waals surface area contributed by atoms with Crippen LogP contribution in [-0.2, 0) is 11.3 Å². The third-order valence-corrected chi connectivity index (χ3v) is 4.35. The first-order chi connectivity index (χ1) is 10.9. The predicted molar refractivity (Wildman–Crippen MR) is 92.9 cm³/mol. The number of nitrogens with zero attached hydrogens (tertiary/aromatic N) is 1. The Hall–Kier alpha value is -1.24. The van der Waals surface area contributed by atoms with Gasteiger partial charge in [0.1, 0.15) is 0 Å². The molecule has 1 fully saturated rings. The molecule has 7 heteroatoms. The van der Waals surface area contributed by atoms with Crippen LogP contribution >= 0.6 is 12.4 Å². The van der Waals surface area contributed by atoms with Gasteiger partial charge in [-0.25, -0.2) is 8.78 Å². The van der Waals surface area contributed by atoms with Crippen LogP contribution in [0.25, 0.3) is 0 Å². The summed E-state index contributed by atoms with van der Waals surface area (Å²) in [6.07, 6.45) is 1.67. The molecule has 1 amide bonds. The second kappa shape index (κ2) is 9.30. The number of nitrogens with two attached hydrogens (primary N) is 1. The van der Waals surface area contributed by atoms with Crippen LogP contribution in [-0.4, -0.2) is 36.0 Å². The quantitative estimate of drug-likeness (QED) is 0.847. The normalized spacial score (nSPS) is 17.4.